The van der Waals surface area contributed by atoms with Gasteiger partial charge in [0.1, 0.15) is 0 Å². The van der Waals surface area contributed by atoms with Gasteiger partial charge in [0, 0.05) is 12.5 Å². The number of nitrogens with one attached hydrogen (secondary N) is 1. The van der Waals surface area contributed by atoms with Gasteiger partial charge in [0.25, 0.3) is 0 Å². The number of hydrogen-bond donors (Lipinski definition) is 1. The number of likely N-dealkylation sites (tertiary alicyclic amines) is 1. The number of nitrogens with zero attached hydrogens (tertiary/aromatic N) is 1. The first-order valence-electron chi connectivity index (χ1n) is 9.04. The molecular formula is C21H24Cl2N2O. The average Bonchev–Trinajstić information content (AvgIpc) is 2.66. The lowest BCUT2D eigenvalue weighted by molar-refractivity contribution is -0.127. The van der Waals surface area contributed by atoms with E-state index < -0.39 is 0 Å². The van der Waals surface area contributed by atoms with E-state index in [4.69, 9.17) is 23.2 Å². The van der Waals surface area contributed by atoms with Crippen LogP contribution in [0.15, 0.2) is 48.5 Å². The lowest BCUT2D eigenvalue weighted by atomic mass is 9.95. The van der Waals surface area contributed by atoms with Crippen molar-refractivity contribution in [1.82, 2.24) is 10.2 Å². The summed E-state index contributed by atoms with van der Waals surface area (Å²) >= 11 is 12.1. The fourth-order valence-electron chi connectivity index (χ4n) is 3.41. The van der Waals surface area contributed by atoms with Gasteiger partial charge >= 0.3 is 0 Å². The molecule has 1 saturated heterocycles. The van der Waals surface area contributed by atoms with Gasteiger partial charge in [-0.25, -0.2) is 0 Å². The number of carbonyl (C=O) groups is 1. The number of carbonyl (C=O) groups excluding carboxylic acids is 1. The Labute approximate surface area is 165 Å². The zero-order valence-electron chi connectivity index (χ0n) is 14.9. The number of hydrogen-bond acceptors (Lipinski definition) is 2. The molecule has 138 valence electrons. The maximum atomic E-state index is 12.6. The molecule has 2 aromatic rings. The second kappa shape index (κ2) is 8.90. The predicted molar refractivity (Wildman–Crippen MR) is 107 cm³/mol. The molecule has 0 aromatic heterocycles. The first-order chi connectivity index (χ1) is 12.5. The third kappa shape index (κ3) is 5.00. The molecule has 0 saturated carbocycles. The number of rotatable bonds is 5. The van der Waals surface area contributed by atoms with Gasteiger partial charge in [-0.15, -0.1) is 0 Å². The maximum Gasteiger partial charge on any atom is 0.223 e. The Balaban J connectivity index is 1.48. The van der Waals surface area contributed by atoms with E-state index in [2.05, 4.69) is 10.2 Å². The number of halogens is 2. The monoisotopic (exact) mass is 390 g/mol. The van der Waals surface area contributed by atoms with Gasteiger partial charge in [-0.1, -0.05) is 59.6 Å². The minimum absolute atomic E-state index is 0.0398. The van der Waals surface area contributed by atoms with Gasteiger partial charge in [-0.05, 0) is 56.1 Å². The first-order valence-corrected chi connectivity index (χ1v) is 9.80. The molecule has 3 rings (SSSR count). The summed E-state index contributed by atoms with van der Waals surface area (Å²) in [6, 6.07) is 15.9. The molecular weight excluding hydrogens is 367 g/mol. The first kappa shape index (κ1) is 19.2. The molecule has 1 atom stereocenters. The molecule has 0 spiro atoms. The second-order valence-corrected chi connectivity index (χ2v) is 7.75. The van der Waals surface area contributed by atoms with Gasteiger partial charge in [0.05, 0.1) is 16.1 Å². The maximum absolute atomic E-state index is 12.6. The highest BCUT2D eigenvalue weighted by atomic mass is 35.5. The van der Waals surface area contributed by atoms with E-state index in [-0.39, 0.29) is 17.9 Å². The zero-order valence-corrected chi connectivity index (χ0v) is 16.4. The van der Waals surface area contributed by atoms with Crippen molar-refractivity contribution in [3.05, 3.63) is 69.7 Å². The van der Waals surface area contributed by atoms with Crippen LogP contribution in [0, 0.1) is 5.92 Å². The highest BCUT2D eigenvalue weighted by Gasteiger charge is 2.26. The van der Waals surface area contributed by atoms with Crippen molar-refractivity contribution in [2.24, 2.45) is 5.92 Å². The third-order valence-corrected chi connectivity index (χ3v) is 5.75. The lowest BCUT2D eigenvalue weighted by Crippen LogP contribution is -2.40. The van der Waals surface area contributed by atoms with Crippen LogP contribution in [0.4, 0.5) is 0 Å². The fraction of sp³-hybridized carbons (Fsp3) is 0.381. The Morgan fingerprint density at radius 3 is 2.46 bits per heavy atom. The van der Waals surface area contributed by atoms with Crippen LogP contribution in [0.1, 0.15) is 36.9 Å². The summed E-state index contributed by atoms with van der Waals surface area (Å²) in [5.74, 6) is 0.252. The van der Waals surface area contributed by atoms with Gasteiger partial charge in [0.2, 0.25) is 5.91 Å². The van der Waals surface area contributed by atoms with E-state index in [0.29, 0.717) is 10.0 Å². The largest absolute Gasteiger partial charge is 0.349 e. The van der Waals surface area contributed by atoms with E-state index >= 15 is 0 Å². The van der Waals surface area contributed by atoms with Crippen LogP contribution in [0.3, 0.4) is 0 Å². The average molecular weight is 391 g/mol. The van der Waals surface area contributed by atoms with Crippen molar-refractivity contribution in [2.45, 2.75) is 32.4 Å². The van der Waals surface area contributed by atoms with Crippen molar-refractivity contribution in [2.75, 3.05) is 13.1 Å². The minimum atomic E-state index is 0.0398. The summed E-state index contributed by atoms with van der Waals surface area (Å²) in [7, 11) is 0. The molecule has 1 amide bonds. The van der Waals surface area contributed by atoms with E-state index in [1.54, 1.807) is 0 Å². The summed E-state index contributed by atoms with van der Waals surface area (Å²) in [5.41, 5.74) is 2.29. The molecule has 1 heterocycles. The molecule has 26 heavy (non-hydrogen) atoms. The van der Waals surface area contributed by atoms with Crippen molar-refractivity contribution < 1.29 is 4.79 Å². The SMILES string of the molecule is C[C@H](NC(=O)C1CCN(Cc2ccc(Cl)c(Cl)c2)CC1)c1ccccc1. The lowest BCUT2D eigenvalue weighted by Gasteiger charge is -2.32. The van der Waals surface area contributed by atoms with Crippen LogP contribution in [-0.4, -0.2) is 23.9 Å². The third-order valence-electron chi connectivity index (χ3n) is 5.01. The normalized spacial score (nSPS) is 17.0. The van der Waals surface area contributed by atoms with Crippen molar-refractivity contribution in [3.63, 3.8) is 0 Å². The summed E-state index contributed by atoms with van der Waals surface area (Å²) in [5, 5.41) is 4.33. The Hall–Kier alpha value is -1.55. The summed E-state index contributed by atoms with van der Waals surface area (Å²) in [6.45, 7) is 4.70. The fourth-order valence-corrected chi connectivity index (χ4v) is 3.73. The molecule has 1 fully saturated rings. The van der Waals surface area contributed by atoms with Crippen LogP contribution >= 0.6 is 23.2 Å². The highest BCUT2D eigenvalue weighted by molar-refractivity contribution is 6.42. The van der Waals surface area contributed by atoms with E-state index in [0.717, 1.165) is 43.6 Å². The quantitative estimate of drug-likeness (QED) is 0.771. The molecule has 2 aromatic carbocycles. The number of benzene rings is 2. The van der Waals surface area contributed by atoms with E-state index in [9.17, 15) is 4.79 Å². The van der Waals surface area contributed by atoms with Gasteiger partial charge in [0.15, 0.2) is 0 Å². The molecule has 0 aliphatic carbocycles. The smallest absolute Gasteiger partial charge is 0.223 e. The Morgan fingerprint density at radius 1 is 1.12 bits per heavy atom. The van der Waals surface area contributed by atoms with Gasteiger partial charge in [-0.2, -0.15) is 0 Å². The summed E-state index contributed by atoms with van der Waals surface area (Å²) in [4.78, 5) is 14.9. The molecule has 1 aliphatic rings. The summed E-state index contributed by atoms with van der Waals surface area (Å²) in [6.07, 6.45) is 1.77. The van der Waals surface area contributed by atoms with Crippen molar-refractivity contribution >= 4 is 29.1 Å². The van der Waals surface area contributed by atoms with E-state index in [1.807, 2.05) is 55.5 Å². The van der Waals surface area contributed by atoms with Crippen LogP contribution in [-0.2, 0) is 11.3 Å². The topological polar surface area (TPSA) is 32.3 Å². The molecule has 0 bridgehead atoms. The standard InChI is InChI=1S/C21H24Cl2N2O/c1-15(17-5-3-2-4-6-17)24-21(26)18-9-11-25(12-10-18)14-16-7-8-19(22)20(23)13-16/h2-8,13,15,18H,9-12,14H2,1H3,(H,24,26)/t15-/m0/s1. The van der Waals surface area contributed by atoms with Crippen LogP contribution < -0.4 is 5.32 Å². The molecule has 3 nitrogen and oxygen atoms in total. The van der Waals surface area contributed by atoms with Gasteiger partial charge in [-0.3, -0.25) is 9.69 Å². The number of piperidine rings is 1. The predicted octanol–water partition coefficient (Wildman–Crippen LogP) is 5.08. The molecule has 0 radical (unpaired) electrons. The van der Waals surface area contributed by atoms with Crippen molar-refractivity contribution in [3.8, 4) is 0 Å². The Kier molecular flexibility index (Phi) is 6.58. The van der Waals surface area contributed by atoms with Gasteiger partial charge < -0.3 is 5.32 Å². The zero-order chi connectivity index (χ0) is 18.5. The van der Waals surface area contributed by atoms with Crippen molar-refractivity contribution in [1.29, 1.82) is 0 Å². The highest BCUT2D eigenvalue weighted by Crippen LogP contribution is 2.25. The molecule has 5 heteroatoms. The number of amides is 1. The minimum Gasteiger partial charge on any atom is -0.349 e. The van der Waals surface area contributed by atoms with Crippen LogP contribution in [0.5, 0.6) is 0 Å². The molecule has 1 aliphatic heterocycles. The summed E-state index contributed by atoms with van der Waals surface area (Å²) < 4.78 is 0. The van der Waals surface area contributed by atoms with E-state index in [1.165, 1.54) is 0 Å². The second-order valence-electron chi connectivity index (χ2n) is 6.94. The van der Waals surface area contributed by atoms with Crippen LogP contribution in [0.2, 0.25) is 10.0 Å². The Morgan fingerprint density at radius 2 is 1.81 bits per heavy atom. The molecule has 0 unspecified atom stereocenters. The molecule has 1 N–H and O–H groups in total. The Bertz CT molecular complexity index is 743. The van der Waals surface area contributed by atoms with Crippen LogP contribution in [0.25, 0.3) is 0 Å².